The average Bonchev–Trinajstić information content (AvgIpc) is 3.35. The van der Waals surface area contributed by atoms with E-state index >= 15 is 0 Å². The SMILES string of the molecule is COc1cccc(C2OC(CC(=O)N3CCS(=O)(=O)CC3)c3nnc(C(C)(C)CO)n3-c3ccc(Cl)cc32)c1OC. The molecule has 2 unspecified atom stereocenters. The molecule has 0 radical (unpaired) electrons. The van der Waals surface area contributed by atoms with E-state index in [1.165, 1.54) is 0 Å². The number of sulfone groups is 1. The molecule has 2 aliphatic rings. The second-order valence-corrected chi connectivity index (χ2v) is 13.5. The Balaban J connectivity index is 1.68. The van der Waals surface area contributed by atoms with E-state index in [0.717, 1.165) is 0 Å². The first-order chi connectivity index (χ1) is 19.5. The van der Waals surface area contributed by atoms with E-state index in [0.29, 0.717) is 45.0 Å². The van der Waals surface area contributed by atoms with Crippen LogP contribution in [-0.2, 0) is 24.8 Å². The van der Waals surface area contributed by atoms with Crippen LogP contribution in [-0.4, -0.2) is 84.5 Å². The van der Waals surface area contributed by atoms with Crippen LogP contribution in [0.15, 0.2) is 36.4 Å². The summed E-state index contributed by atoms with van der Waals surface area (Å²) in [5.74, 6) is 1.42. The smallest absolute Gasteiger partial charge is 0.225 e. The number of nitrogens with zero attached hydrogens (tertiary/aromatic N) is 4. The first-order valence-electron chi connectivity index (χ1n) is 13.2. The molecule has 2 aromatic carbocycles. The fourth-order valence-electron chi connectivity index (χ4n) is 5.24. The van der Waals surface area contributed by atoms with Crippen molar-refractivity contribution in [1.82, 2.24) is 19.7 Å². The summed E-state index contributed by atoms with van der Waals surface area (Å²) in [5, 5.41) is 19.6. The van der Waals surface area contributed by atoms with Crippen molar-refractivity contribution in [3.05, 3.63) is 64.2 Å². The highest BCUT2D eigenvalue weighted by atomic mass is 35.5. The molecule has 11 nitrogen and oxygen atoms in total. The number of methoxy groups -OCH3 is 2. The van der Waals surface area contributed by atoms with Crippen molar-refractivity contribution in [2.75, 3.05) is 45.4 Å². The number of aromatic nitrogens is 3. The molecule has 1 N–H and O–H groups in total. The Hall–Kier alpha value is -3.19. The number of hydrogen-bond acceptors (Lipinski definition) is 9. The average molecular weight is 605 g/mol. The van der Waals surface area contributed by atoms with Crippen LogP contribution in [0.5, 0.6) is 11.5 Å². The van der Waals surface area contributed by atoms with E-state index in [4.69, 9.17) is 25.8 Å². The lowest BCUT2D eigenvalue weighted by Gasteiger charge is -2.29. The van der Waals surface area contributed by atoms with Crippen molar-refractivity contribution in [3.8, 4) is 17.2 Å². The minimum absolute atomic E-state index is 0.0805. The first-order valence-corrected chi connectivity index (χ1v) is 15.4. The van der Waals surface area contributed by atoms with Gasteiger partial charge in [0.2, 0.25) is 5.91 Å². The van der Waals surface area contributed by atoms with Crippen LogP contribution in [0.3, 0.4) is 0 Å². The monoisotopic (exact) mass is 604 g/mol. The lowest BCUT2D eigenvalue weighted by atomic mass is 9.93. The number of benzene rings is 2. The molecule has 1 amide bonds. The Morgan fingerprint density at radius 1 is 1.12 bits per heavy atom. The van der Waals surface area contributed by atoms with Gasteiger partial charge in [0.15, 0.2) is 27.2 Å². The number of halogens is 1. The third kappa shape index (κ3) is 5.53. The molecule has 1 aromatic heterocycles. The van der Waals surface area contributed by atoms with Gasteiger partial charge in [0.1, 0.15) is 18.0 Å². The minimum Gasteiger partial charge on any atom is -0.493 e. The Bertz CT molecular complexity index is 1560. The van der Waals surface area contributed by atoms with E-state index < -0.39 is 27.5 Å². The number of carbonyl (C=O) groups is 1. The molecule has 3 aromatic rings. The van der Waals surface area contributed by atoms with Gasteiger partial charge in [0, 0.05) is 34.7 Å². The molecular weight excluding hydrogens is 572 g/mol. The van der Waals surface area contributed by atoms with Crippen LogP contribution >= 0.6 is 11.6 Å². The van der Waals surface area contributed by atoms with Crippen molar-refractivity contribution in [1.29, 1.82) is 0 Å². The topological polar surface area (TPSA) is 133 Å². The fourth-order valence-corrected chi connectivity index (χ4v) is 6.62. The predicted octanol–water partition coefficient (Wildman–Crippen LogP) is 3.02. The summed E-state index contributed by atoms with van der Waals surface area (Å²) in [4.78, 5) is 15.1. The molecule has 2 atom stereocenters. The zero-order valence-corrected chi connectivity index (χ0v) is 24.9. The van der Waals surface area contributed by atoms with Gasteiger partial charge < -0.3 is 24.2 Å². The number of carbonyl (C=O) groups excluding carboxylic acids is 1. The molecule has 1 fully saturated rings. The van der Waals surface area contributed by atoms with Crippen LogP contribution in [0.2, 0.25) is 5.02 Å². The van der Waals surface area contributed by atoms with E-state index in [9.17, 15) is 18.3 Å². The first kappa shape index (κ1) is 29.3. The number of ether oxygens (including phenoxy) is 3. The molecule has 1 saturated heterocycles. The van der Waals surface area contributed by atoms with Crippen molar-refractivity contribution >= 4 is 27.3 Å². The number of para-hydroxylation sites is 1. The molecule has 41 heavy (non-hydrogen) atoms. The third-order valence-electron chi connectivity index (χ3n) is 7.56. The third-order valence-corrected chi connectivity index (χ3v) is 9.41. The van der Waals surface area contributed by atoms with Crippen LogP contribution in [0.1, 0.15) is 55.3 Å². The lowest BCUT2D eigenvalue weighted by molar-refractivity contribution is -0.135. The fraction of sp³-hybridized carbons (Fsp3) is 0.464. The van der Waals surface area contributed by atoms with Gasteiger partial charge in [0.05, 0.1) is 44.4 Å². The molecule has 3 heterocycles. The Labute approximate surface area is 243 Å². The van der Waals surface area contributed by atoms with Gasteiger partial charge >= 0.3 is 0 Å². The normalized spacial score (nSPS) is 20.1. The van der Waals surface area contributed by atoms with Crippen molar-refractivity contribution in [2.24, 2.45) is 0 Å². The zero-order valence-electron chi connectivity index (χ0n) is 23.3. The van der Waals surface area contributed by atoms with Crippen LogP contribution in [0.25, 0.3) is 5.69 Å². The van der Waals surface area contributed by atoms with Crippen LogP contribution in [0, 0.1) is 0 Å². The van der Waals surface area contributed by atoms with Gasteiger partial charge in [-0.3, -0.25) is 9.36 Å². The summed E-state index contributed by atoms with van der Waals surface area (Å²) in [6, 6.07) is 10.8. The number of aliphatic hydroxyl groups excluding tert-OH is 1. The molecule has 13 heteroatoms. The maximum Gasteiger partial charge on any atom is 0.225 e. The van der Waals surface area contributed by atoms with Gasteiger partial charge in [-0.25, -0.2) is 8.42 Å². The standard InChI is InChI=1S/C28H33ClN4O7S/c1-28(2,16-34)27-31-30-26-22(15-23(35)32-10-12-41(36,37)13-11-32)40-24(18-6-5-7-21(38-3)25(18)39-4)19-14-17(29)8-9-20(19)33(26)27/h5-9,14,22,24,34H,10-13,15-16H2,1-4H3. The van der Waals surface area contributed by atoms with E-state index in [1.54, 1.807) is 37.3 Å². The largest absolute Gasteiger partial charge is 0.493 e. The summed E-state index contributed by atoms with van der Waals surface area (Å²) in [7, 11) is -0.0780. The summed E-state index contributed by atoms with van der Waals surface area (Å²) in [5.41, 5.74) is 1.23. The van der Waals surface area contributed by atoms with E-state index in [1.807, 2.05) is 36.6 Å². The highest BCUT2D eigenvalue weighted by molar-refractivity contribution is 7.91. The quantitative estimate of drug-likeness (QED) is 0.432. The Morgan fingerprint density at radius 2 is 1.85 bits per heavy atom. The van der Waals surface area contributed by atoms with Crippen molar-refractivity contribution in [3.63, 3.8) is 0 Å². The van der Waals surface area contributed by atoms with E-state index in [2.05, 4.69) is 10.2 Å². The van der Waals surface area contributed by atoms with E-state index in [-0.39, 0.29) is 43.5 Å². The molecule has 0 aliphatic carbocycles. The Kier molecular flexibility index (Phi) is 8.03. The number of fused-ring (bicyclic) bond motifs is 3. The molecule has 0 saturated carbocycles. The lowest BCUT2D eigenvalue weighted by Crippen LogP contribution is -2.44. The molecule has 0 bridgehead atoms. The highest BCUT2D eigenvalue weighted by Gasteiger charge is 2.40. The van der Waals surface area contributed by atoms with Crippen molar-refractivity contribution in [2.45, 2.75) is 37.9 Å². The molecule has 220 valence electrons. The summed E-state index contributed by atoms with van der Waals surface area (Å²) >= 11 is 6.52. The van der Waals surface area contributed by atoms with Crippen LogP contribution < -0.4 is 9.47 Å². The number of hydrogen-bond donors (Lipinski definition) is 1. The van der Waals surface area contributed by atoms with Gasteiger partial charge in [-0.15, -0.1) is 10.2 Å². The number of rotatable bonds is 7. The number of aliphatic hydroxyl groups is 1. The summed E-state index contributed by atoms with van der Waals surface area (Å²) in [6.07, 6.45) is -1.76. The molecule has 2 aliphatic heterocycles. The molecular formula is C28H33ClN4O7S. The number of amides is 1. The minimum atomic E-state index is -3.17. The van der Waals surface area contributed by atoms with Crippen LogP contribution in [0.4, 0.5) is 0 Å². The maximum atomic E-state index is 13.5. The van der Waals surface area contributed by atoms with Gasteiger partial charge in [0.25, 0.3) is 0 Å². The summed E-state index contributed by atoms with van der Waals surface area (Å²) < 4.78 is 43.8. The molecule has 0 spiro atoms. The molecule has 5 rings (SSSR count). The highest BCUT2D eigenvalue weighted by Crippen LogP contribution is 2.47. The summed E-state index contributed by atoms with van der Waals surface area (Å²) in [6.45, 7) is 3.73. The second kappa shape index (κ2) is 11.2. The van der Waals surface area contributed by atoms with Crippen molar-refractivity contribution < 1.29 is 32.5 Å². The van der Waals surface area contributed by atoms with Gasteiger partial charge in [-0.05, 0) is 24.3 Å². The Morgan fingerprint density at radius 3 is 2.51 bits per heavy atom. The van der Waals surface area contributed by atoms with Gasteiger partial charge in [-0.2, -0.15) is 0 Å². The van der Waals surface area contributed by atoms with Gasteiger partial charge in [-0.1, -0.05) is 37.6 Å². The predicted molar refractivity (Wildman–Crippen MR) is 152 cm³/mol. The second-order valence-electron chi connectivity index (χ2n) is 10.8. The zero-order chi connectivity index (χ0) is 29.5. The maximum absolute atomic E-state index is 13.5.